The fraction of sp³-hybridized carbons (Fsp3) is 0.421. The molecule has 7 nitrogen and oxygen atoms in total. The molecule has 2 heterocycles. The summed E-state index contributed by atoms with van der Waals surface area (Å²) in [6.07, 6.45) is 0. The zero-order valence-corrected chi connectivity index (χ0v) is 15.2. The zero-order valence-electron chi connectivity index (χ0n) is 15.2. The summed E-state index contributed by atoms with van der Waals surface area (Å²) >= 11 is 0. The van der Waals surface area contributed by atoms with Crippen LogP contribution in [0, 0.1) is 6.92 Å². The molecule has 0 saturated carbocycles. The number of amides is 2. The number of urea groups is 1. The van der Waals surface area contributed by atoms with E-state index in [9.17, 15) is 4.79 Å². The van der Waals surface area contributed by atoms with E-state index in [1.165, 1.54) is 0 Å². The van der Waals surface area contributed by atoms with Gasteiger partial charge in [0.05, 0.1) is 32.1 Å². The zero-order chi connectivity index (χ0) is 18.4. The molecule has 0 aliphatic carbocycles. The highest BCUT2D eigenvalue weighted by Crippen LogP contribution is 2.24. The molecule has 140 valence electrons. The summed E-state index contributed by atoms with van der Waals surface area (Å²) in [6.45, 7) is 5.34. The molecule has 1 saturated heterocycles. The maximum atomic E-state index is 12.4. The van der Waals surface area contributed by atoms with Gasteiger partial charge in [-0.3, -0.25) is 4.90 Å². The number of furan rings is 1. The van der Waals surface area contributed by atoms with E-state index in [0.717, 1.165) is 24.6 Å². The number of methoxy groups -OCH3 is 1. The highest BCUT2D eigenvalue weighted by Gasteiger charge is 2.25. The second-order valence-electron chi connectivity index (χ2n) is 6.15. The van der Waals surface area contributed by atoms with Crippen LogP contribution in [0.1, 0.15) is 17.6 Å². The Hall–Kier alpha value is -2.51. The Morgan fingerprint density at radius 1 is 1.23 bits per heavy atom. The molecule has 1 atom stereocenters. The van der Waals surface area contributed by atoms with Crippen molar-refractivity contribution < 1.29 is 18.7 Å². The van der Waals surface area contributed by atoms with Gasteiger partial charge in [-0.25, -0.2) is 4.79 Å². The van der Waals surface area contributed by atoms with Crippen molar-refractivity contribution in [2.24, 2.45) is 0 Å². The number of morpholine rings is 1. The van der Waals surface area contributed by atoms with Crippen LogP contribution in [-0.2, 0) is 4.74 Å². The number of aryl methyl sites for hydroxylation is 1. The highest BCUT2D eigenvalue weighted by molar-refractivity contribution is 5.90. The predicted octanol–water partition coefficient (Wildman–Crippen LogP) is 2.79. The molecule has 1 aliphatic rings. The van der Waals surface area contributed by atoms with Gasteiger partial charge >= 0.3 is 6.03 Å². The van der Waals surface area contributed by atoms with Gasteiger partial charge in [0.15, 0.2) is 0 Å². The average Bonchev–Trinajstić information content (AvgIpc) is 3.09. The van der Waals surface area contributed by atoms with Crippen molar-refractivity contribution in [1.29, 1.82) is 0 Å². The lowest BCUT2D eigenvalue weighted by Gasteiger charge is -2.33. The lowest BCUT2D eigenvalue weighted by molar-refractivity contribution is 0.0122. The largest absolute Gasteiger partial charge is 0.495 e. The Balaban J connectivity index is 1.64. The van der Waals surface area contributed by atoms with E-state index in [1.807, 2.05) is 31.2 Å². The number of carbonyl (C=O) groups is 1. The molecule has 0 spiro atoms. The van der Waals surface area contributed by atoms with Crippen LogP contribution >= 0.6 is 0 Å². The fourth-order valence-corrected chi connectivity index (χ4v) is 3.04. The van der Waals surface area contributed by atoms with Crippen molar-refractivity contribution in [3.8, 4) is 5.75 Å². The van der Waals surface area contributed by atoms with E-state index >= 15 is 0 Å². The molecule has 1 fully saturated rings. The van der Waals surface area contributed by atoms with E-state index < -0.39 is 0 Å². The Kier molecular flexibility index (Phi) is 6.14. The molecular weight excluding hydrogens is 334 g/mol. The molecule has 2 N–H and O–H groups in total. The quantitative estimate of drug-likeness (QED) is 0.829. The van der Waals surface area contributed by atoms with Gasteiger partial charge in [-0.15, -0.1) is 0 Å². The van der Waals surface area contributed by atoms with Gasteiger partial charge in [-0.2, -0.15) is 0 Å². The van der Waals surface area contributed by atoms with Crippen LogP contribution in [0.5, 0.6) is 5.75 Å². The Morgan fingerprint density at radius 3 is 2.69 bits per heavy atom. The number of benzene rings is 1. The van der Waals surface area contributed by atoms with E-state index in [-0.39, 0.29) is 12.1 Å². The topological polar surface area (TPSA) is 76.0 Å². The van der Waals surface area contributed by atoms with Crippen molar-refractivity contribution in [2.75, 3.05) is 45.3 Å². The van der Waals surface area contributed by atoms with Gasteiger partial charge < -0.3 is 24.5 Å². The molecule has 7 heteroatoms. The number of hydrogen-bond donors (Lipinski definition) is 2. The summed E-state index contributed by atoms with van der Waals surface area (Å²) in [4.78, 5) is 14.6. The summed E-state index contributed by atoms with van der Waals surface area (Å²) in [5.74, 6) is 2.33. The lowest BCUT2D eigenvalue weighted by atomic mass is 10.1. The summed E-state index contributed by atoms with van der Waals surface area (Å²) < 4.78 is 16.5. The summed E-state index contributed by atoms with van der Waals surface area (Å²) in [6, 6.07) is 10.9. The number of nitrogens with one attached hydrogen (secondary N) is 2. The second-order valence-corrected chi connectivity index (χ2v) is 6.15. The number of ether oxygens (including phenoxy) is 2. The number of rotatable bonds is 6. The van der Waals surface area contributed by atoms with E-state index in [2.05, 4.69) is 15.5 Å². The van der Waals surface area contributed by atoms with Gasteiger partial charge in [-0.05, 0) is 31.2 Å². The normalized spacial score (nSPS) is 16.1. The molecular formula is C19H25N3O4. The van der Waals surface area contributed by atoms with Crippen molar-refractivity contribution in [3.05, 3.63) is 47.9 Å². The average molecular weight is 359 g/mol. The van der Waals surface area contributed by atoms with Crippen LogP contribution in [0.15, 0.2) is 40.8 Å². The predicted molar refractivity (Wildman–Crippen MR) is 98.6 cm³/mol. The Bertz CT molecular complexity index is 725. The minimum atomic E-state index is -0.281. The first-order valence-corrected chi connectivity index (χ1v) is 8.73. The van der Waals surface area contributed by atoms with Crippen molar-refractivity contribution in [3.63, 3.8) is 0 Å². The van der Waals surface area contributed by atoms with Crippen LogP contribution in [0.2, 0.25) is 0 Å². The van der Waals surface area contributed by atoms with Crippen LogP contribution < -0.4 is 15.4 Å². The minimum absolute atomic E-state index is 0.0315. The number of nitrogens with zero attached hydrogens (tertiary/aromatic N) is 1. The molecule has 0 radical (unpaired) electrons. The molecule has 2 amide bonds. The first-order chi connectivity index (χ1) is 12.7. The van der Waals surface area contributed by atoms with Crippen molar-refractivity contribution in [1.82, 2.24) is 10.2 Å². The molecule has 0 unspecified atom stereocenters. The standard InChI is InChI=1S/C19H25N3O4/c1-14-7-8-18(26-14)16(22-9-11-25-12-10-22)13-20-19(23)21-15-5-3-4-6-17(15)24-2/h3-8,16H,9-13H2,1-2H3,(H2,20,21,23)/t16-/m0/s1. The molecule has 1 aliphatic heterocycles. The molecule has 1 aromatic heterocycles. The summed E-state index contributed by atoms with van der Waals surface area (Å²) in [5.41, 5.74) is 0.629. The fourth-order valence-electron chi connectivity index (χ4n) is 3.04. The Morgan fingerprint density at radius 2 is 2.00 bits per heavy atom. The molecule has 1 aromatic carbocycles. The van der Waals surface area contributed by atoms with E-state index in [0.29, 0.717) is 31.2 Å². The molecule has 2 aromatic rings. The van der Waals surface area contributed by atoms with Gasteiger partial charge in [-0.1, -0.05) is 12.1 Å². The Labute approximate surface area is 153 Å². The van der Waals surface area contributed by atoms with Crippen LogP contribution in [0.25, 0.3) is 0 Å². The van der Waals surface area contributed by atoms with Gasteiger partial charge in [0.2, 0.25) is 0 Å². The molecule has 3 rings (SSSR count). The number of carbonyl (C=O) groups excluding carboxylic acids is 1. The van der Waals surface area contributed by atoms with E-state index in [1.54, 1.807) is 19.2 Å². The smallest absolute Gasteiger partial charge is 0.319 e. The third-order valence-corrected chi connectivity index (χ3v) is 4.39. The number of hydrogen-bond acceptors (Lipinski definition) is 5. The highest BCUT2D eigenvalue weighted by atomic mass is 16.5. The second kappa shape index (κ2) is 8.73. The van der Waals surface area contributed by atoms with Gasteiger partial charge in [0.1, 0.15) is 17.3 Å². The van der Waals surface area contributed by atoms with Crippen LogP contribution in [-0.4, -0.2) is 50.9 Å². The SMILES string of the molecule is COc1ccccc1NC(=O)NC[C@@H](c1ccc(C)o1)N1CCOCC1. The number of anilines is 1. The molecule has 0 bridgehead atoms. The van der Waals surface area contributed by atoms with Crippen LogP contribution in [0.4, 0.5) is 10.5 Å². The van der Waals surface area contributed by atoms with Crippen molar-refractivity contribution >= 4 is 11.7 Å². The van der Waals surface area contributed by atoms with Crippen LogP contribution in [0.3, 0.4) is 0 Å². The van der Waals surface area contributed by atoms with E-state index in [4.69, 9.17) is 13.9 Å². The third kappa shape index (κ3) is 4.56. The lowest BCUT2D eigenvalue weighted by Crippen LogP contribution is -2.44. The molecule has 26 heavy (non-hydrogen) atoms. The first kappa shape index (κ1) is 18.3. The van der Waals surface area contributed by atoms with Crippen molar-refractivity contribution in [2.45, 2.75) is 13.0 Å². The number of para-hydroxylation sites is 2. The van der Waals surface area contributed by atoms with Gasteiger partial charge in [0, 0.05) is 19.6 Å². The maximum Gasteiger partial charge on any atom is 0.319 e. The summed E-state index contributed by atoms with van der Waals surface area (Å²) in [5, 5.41) is 5.77. The third-order valence-electron chi connectivity index (χ3n) is 4.39. The monoisotopic (exact) mass is 359 g/mol. The summed E-state index contributed by atoms with van der Waals surface area (Å²) in [7, 11) is 1.58. The maximum absolute atomic E-state index is 12.4. The first-order valence-electron chi connectivity index (χ1n) is 8.73. The minimum Gasteiger partial charge on any atom is -0.495 e. The van der Waals surface area contributed by atoms with Gasteiger partial charge in [0.25, 0.3) is 0 Å².